The number of rotatable bonds is 4. The molecule has 2 N–H and O–H groups in total. The van der Waals surface area contributed by atoms with E-state index in [0.717, 1.165) is 0 Å². The topological polar surface area (TPSA) is 74.7 Å². The zero-order valence-electron chi connectivity index (χ0n) is 10.3. The molecule has 0 atom stereocenters. The molecule has 0 spiro atoms. The van der Waals surface area contributed by atoms with E-state index in [1.807, 2.05) is 4.90 Å². The molecule has 0 bridgehead atoms. The molecule has 1 saturated heterocycles. The first-order valence-corrected chi connectivity index (χ1v) is 5.66. The summed E-state index contributed by atoms with van der Waals surface area (Å²) in [6.45, 7) is 4.46. The molecule has 1 aliphatic heterocycles. The molecule has 6 heteroatoms. The van der Waals surface area contributed by atoms with Crippen LogP contribution in [0.5, 0.6) is 0 Å². The van der Waals surface area contributed by atoms with Crippen LogP contribution in [0.25, 0.3) is 0 Å². The van der Waals surface area contributed by atoms with E-state index in [-0.39, 0.29) is 11.4 Å². The maximum absolute atomic E-state index is 11.7. The average Bonchev–Trinajstić information content (AvgIpc) is 2.36. The van der Waals surface area contributed by atoms with Crippen molar-refractivity contribution in [3.63, 3.8) is 0 Å². The number of carbonyl (C=O) groups excluding carboxylic acids is 1. The Morgan fingerprint density at radius 3 is 2.71 bits per heavy atom. The summed E-state index contributed by atoms with van der Waals surface area (Å²) in [5.74, 6) is -0.292. The molecular formula is C11H19N3O3. The first kappa shape index (κ1) is 13.5. The first-order valence-electron chi connectivity index (χ1n) is 5.66. The second kappa shape index (κ2) is 6.90. The van der Waals surface area contributed by atoms with Crippen LogP contribution in [-0.2, 0) is 14.3 Å². The van der Waals surface area contributed by atoms with Gasteiger partial charge in [-0.05, 0) is 6.92 Å². The number of hydrogen-bond donors (Lipinski definition) is 2. The molecule has 1 heterocycles. The Morgan fingerprint density at radius 2 is 2.18 bits per heavy atom. The SMILES string of the molecule is CCOC(=O)/C(=C/NC)C(=N)N1CCOCC1. The highest BCUT2D eigenvalue weighted by molar-refractivity contribution is 6.17. The maximum atomic E-state index is 11.7. The summed E-state index contributed by atoms with van der Waals surface area (Å²) in [5.41, 5.74) is 0.247. The Labute approximate surface area is 101 Å². The lowest BCUT2D eigenvalue weighted by Gasteiger charge is -2.29. The van der Waals surface area contributed by atoms with E-state index >= 15 is 0 Å². The second-order valence-electron chi connectivity index (χ2n) is 3.52. The van der Waals surface area contributed by atoms with Gasteiger partial charge in [0.15, 0.2) is 0 Å². The number of esters is 1. The number of nitrogens with zero attached hydrogens (tertiary/aromatic N) is 1. The minimum absolute atomic E-state index is 0.182. The smallest absolute Gasteiger partial charge is 0.343 e. The van der Waals surface area contributed by atoms with Crippen LogP contribution in [-0.4, -0.2) is 56.7 Å². The summed E-state index contributed by atoms with van der Waals surface area (Å²) in [6, 6.07) is 0. The summed E-state index contributed by atoms with van der Waals surface area (Å²) in [6.07, 6.45) is 1.50. The Hall–Kier alpha value is -1.56. The molecule has 1 rings (SSSR count). The fourth-order valence-electron chi connectivity index (χ4n) is 1.53. The van der Waals surface area contributed by atoms with Crippen LogP contribution in [0.15, 0.2) is 11.8 Å². The number of amidine groups is 1. The van der Waals surface area contributed by atoms with Crippen LogP contribution in [0.1, 0.15) is 6.92 Å². The van der Waals surface area contributed by atoms with Crippen LogP contribution >= 0.6 is 0 Å². The normalized spacial score (nSPS) is 16.6. The predicted molar refractivity (Wildman–Crippen MR) is 63.9 cm³/mol. The van der Waals surface area contributed by atoms with Crippen molar-refractivity contribution in [1.29, 1.82) is 5.41 Å². The number of carbonyl (C=O) groups is 1. The molecule has 1 aliphatic rings. The molecule has 0 aliphatic carbocycles. The Balaban J connectivity index is 2.72. The molecule has 0 radical (unpaired) electrons. The van der Waals surface area contributed by atoms with Gasteiger partial charge in [-0.1, -0.05) is 0 Å². The lowest BCUT2D eigenvalue weighted by Crippen LogP contribution is -2.42. The summed E-state index contributed by atoms with van der Waals surface area (Å²) >= 11 is 0. The van der Waals surface area contributed by atoms with Crippen molar-refractivity contribution in [2.75, 3.05) is 40.0 Å². The summed E-state index contributed by atoms with van der Waals surface area (Å²) in [4.78, 5) is 13.5. The lowest BCUT2D eigenvalue weighted by atomic mass is 10.2. The molecule has 96 valence electrons. The minimum atomic E-state index is -0.474. The molecule has 0 unspecified atom stereocenters. The largest absolute Gasteiger partial charge is 0.462 e. The van der Waals surface area contributed by atoms with Gasteiger partial charge in [0.2, 0.25) is 0 Å². The third-order valence-corrected chi connectivity index (χ3v) is 2.37. The molecule has 17 heavy (non-hydrogen) atoms. The van der Waals surface area contributed by atoms with Crippen molar-refractivity contribution in [3.8, 4) is 0 Å². The van der Waals surface area contributed by atoms with Crippen LogP contribution in [0.4, 0.5) is 0 Å². The fourth-order valence-corrected chi connectivity index (χ4v) is 1.53. The van der Waals surface area contributed by atoms with Gasteiger partial charge in [-0.2, -0.15) is 0 Å². The summed E-state index contributed by atoms with van der Waals surface area (Å²) < 4.78 is 10.1. The van der Waals surface area contributed by atoms with Gasteiger partial charge in [0, 0.05) is 26.3 Å². The zero-order chi connectivity index (χ0) is 12.7. The summed E-state index contributed by atoms with van der Waals surface area (Å²) in [5, 5.41) is 10.8. The first-order chi connectivity index (χ1) is 8.20. The highest BCUT2D eigenvalue weighted by Crippen LogP contribution is 2.07. The van der Waals surface area contributed by atoms with Gasteiger partial charge in [-0.3, -0.25) is 5.41 Å². The molecule has 0 amide bonds. The van der Waals surface area contributed by atoms with Crippen molar-refractivity contribution in [3.05, 3.63) is 11.8 Å². The van der Waals surface area contributed by atoms with E-state index in [1.54, 1.807) is 14.0 Å². The fraction of sp³-hybridized carbons (Fsp3) is 0.636. The average molecular weight is 241 g/mol. The Morgan fingerprint density at radius 1 is 1.53 bits per heavy atom. The van der Waals surface area contributed by atoms with E-state index in [0.29, 0.717) is 32.9 Å². The number of morpholine rings is 1. The third kappa shape index (κ3) is 3.74. The number of ether oxygens (including phenoxy) is 2. The molecular weight excluding hydrogens is 222 g/mol. The standard InChI is InChI=1S/C11H19N3O3/c1-3-17-11(15)9(8-13-2)10(12)14-4-6-16-7-5-14/h8,12-13H,3-7H2,1-2H3/b9-8+,12-10?. The third-order valence-electron chi connectivity index (χ3n) is 2.37. The van der Waals surface area contributed by atoms with Crippen molar-refractivity contribution in [1.82, 2.24) is 10.2 Å². The van der Waals surface area contributed by atoms with E-state index in [1.165, 1.54) is 6.20 Å². The van der Waals surface area contributed by atoms with E-state index < -0.39 is 5.97 Å². The Kier molecular flexibility index (Phi) is 5.48. The highest BCUT2D eigenvalue weighted by atomic mass is 16.5. The quantitative estimate of drug-likeness (QED) is 0.313. The molecule has 1 fully saturated rings. The van der Waals surface area contributed by atoms with Gasteiger partial charge in [-0.15, -0.1) is 0 Å². The zero-order valence-corrected chi connectivity index (χ0v) is 10.3. The van der Waals surface area contributed by atoms with Crippen molar-refractivity contribution in [2.24, 2.45) is 0 Å². The number of nitrogens with one attached hydrogen (secondary N) is 2. The van der Waals surface area contributed by atoms with Gasteiger partial charge in [0.25, 0.3) is 0 Å². The highest BCUT2D eigenvalue weighted by Gasteiger charge is 2.22. The minimum Gasteiger partial charge on any atom is -0.462 e. The van der Waals surface area contributed by atoms with Gasteiger partial charge < -0.3 is 19.7 Å². The summed E-state index contributed by atoms with van der Waals surface area (Å²) in [7, 11) is 1.69. The molecule has 0 aromatic carbocycles. The van der Waals surface area contributed by atoms with Crippen LogP contribution in [0.2, 0.25) is 0 Å². The van der Waals surface area contributed by atoms with Crippen molar-refractivity contribution >= 4 is 11.8 Å². The van der Waals surface area contributed by atoms with Crippen molar-refractivity contribution in [2.45, 2.75) is 6.92 Å². The molecule has 0 saturated carbocycles. The second-order valence-corrected chi connectivity index (χ2v) is 3.52. The number of hydrogen-bond acceptors (Lipinski definition) is 5. The lowest BCUT2D eigenvalue weighted by molar-refractivity contribution is -0.138. The molecule has 6 nitrogen and oxygen atoms in total. The van der Waals surface area contributed by atoms with Gasteiger partial charge in [-0.25, -0.2) is 4.79 Å². The maximum Gasteiger partial charge on any atom is 0.343 e. The predicted octanol–water partition coefficient (Wildman–Crippen LogP) is -0.0377. The van der Waals surface area contributed by atoms with Crippen LogP contribution in [0.3, 0.4) is 0 Å². The van der Waals surface area contributed by atoms with E-state index in [2.05, 4.69) is 5.32 Å². The molecule has 0 aromatic rings. The van der Waals surface area contributed by atoms with Gasteiger partial charge in [0.05, 0.1) is 19.8 Å². The Bertz CT molecular complexity index is 309. The van der Waals surface area contributed by atoms with Crippen LogP contribution < -0.4 is 5.32 Å². The van der Waals surface area contributed by atoms with E-state index in [4.69, 9.17) is 14.9 Å². The van der Waals surface area contributed by atoms with Crippen LogP contribution in [0, 0.1) is 5.41 Å². The molecule has 0 aromatic heterocycles. The van der Waals surface area contributed by atoms with E-state index in [9.17, 15) is 4.79 Å². The monoisotopic (exact) mass is 241 g/mol. The van der Waals surface area contributed by atoms with Gasteiger partial charge >= 0.3 is 5.97 Å². The van der Waals surface area contributed by atoms with Gasteiger partial charge in [0.1, 0.15) is 11.4 Å². The van der Waals surface area contributed by atoms with Crippen molar-refractivity contribution < 1.29 is 14.3 Å².